The normalized spacial score (nSPS) is 11.5. The molecule has 0 fully saturated rings. The highest BCUT2D eigenvalue weighted by Crippen LogP contribution is 2.40. The van der Waals surface area contributed by atoms with Gasteiger partial charge in [-0.3, -0.25) is 0 Å². The number of benzene rings is 3. The summed E-state index contributed by atoms with van der Waals surface area (Å²) in [6.45, 7) is 6.67. The predicted molar refractivity (Wildman–Crippen MR) is 109 cm³/mol. The Morgan fingerprint density at radius 2 is 1.22 bits per heavy atom. The fraction of sp³-hybridized carbons (Fsp3) is 0.167. The zero-order valence-electron chi connectivity index (χ0n) is 15.8. The van der Waals surface area contributed by atoms with E-state index in [1.165, 1.54) is 5.56 Å². The molecule has 0 unspecified atom stereocenters. The number of hydrogen-bond acceptors (Lipinski definition) is 3. The highest BCUT2D eigenvalue weighted by molar-refractivity contribution is 5.83. The minimum Gasteiger partial charge on any atom is -0.416 e. The first-order valence-corrected chi connectivity index (χ1v) is 9.12. The lowest BCUT2D eigenvalue weighted by Crippen LogP contribution is -2.13. The van der Waals surface area contributed by atoms with Crippen molar-refractivity contribution in [3.05, 3.63) is 84.4 Å². The molecule has 0 aliphatic rings. The maximum Gasteiger partial charge on any atom is 0.248 e. The molecule has 0 atom stereocenters. The van der Waals surface area contributed by atoms with Crippen LogP contribution in [0.15, 0.2) is 83.3 Å². The molecule has 134 valence electrons. The van der Waals surface area contributed by atoms with E-state index in [2.05, 4.69) is 73.4 Å². The van der Waals surface area contributed by atoms with Crippen LogP contribution in [-0.4, -0.2) is 10.2 Å². The van der Waals surface area contributed by atoms with Gasteiger partial charge in [0, 0.05) is 11.1 Å². The molecule has 0 saturated carbocycles. The minimum absolute atomic E-state index is 0.0105. The molecule has 4 aromatic rings. The summed E-state index contributed by atoms with van der Waals surface area (Å²) in [7, 11) is 0. The highest BCUT2D eigenvalue weighted by Gasteiger charge is 2.23. The quantitative estimate of drug-likeness (QED) is 0.429. The van der Waals surface area contributed by atoms with E-state index in [1.807, 2.05) is 36.4 Å². The lowest BCUT2D eigenvalue weighted by atomic mass is 9.80. The molecule has 3 aromatic carbocycles. The molecule has 0 amide bonds. The Balaban J connectivity index is 1.90. The monoisotopic (exact) mass is 354 g/mol. The van der Waals surface area contributed by atoms with Gasteiger partial charge in [0.2, 0.25) is 11.8 Å². The second-order valence-electron chi connectivity index (χ2n) is 7.62. The Hall–Kier alpha value is -3.20. The third-order valence-electron chi connectivity index (χ3n) is 4.61. The van der Waals surface area contributed by atoms with E-state index in [0.717, 1.165) is 22.3 Å². The first-order valence-electron chi connectivity index (χ1n) is 9.12. The lowest BCUT2D eigenvalue weighted by molar-refractivity contribution is 0.581. The Kier molecular flexibility index (Phi) is 4.36. The van der Waals surface area contributed by atoms with E-state index >= 15 is 0 Å². The average molecular weight is 354 g/mol. The minimum atomic E-state index is -0.0105. The molecule has 0 aliphatic carbocycles. The molecule has 0 bridgehead atoms. The molecule has 0 aliphatic heterocycles. The number of nitrogens with zero attached hydrogens (tertiary/aromatic N) is 2. The van der Waals surface area contributed by atoms with Gasteiger partial charge in [-0.25, -0.2) is 0 Å². The van der Waals surface area contributed by atoms with Crippen molar-refractivity contribution < 1.29 is 4.42 Å². The fourth-order valence-corrected chi connectivity index (χ4v) is 3.30. The smallest absolute Gasteiger partial charge is 0.248 e. The van der Waals surface area contributed by atoms with Crippen molar-refractivity contribution in [2.45, 2.75) is 26.2 Å². The third-order valence-corrected chi connectivity index (χ3v) is 4.61. The Morgan fingerprint density at radius 3 is 1.85 bits per heavy atom. The Morgan fingerprint density at radius 1 is 0.630 bits per heavy atom. The second-order valence-corrected chi connectivity index (χ2v) is 7.62. The van der Waals surface area contributed by atoms with Crippen LogP contribution in [0.25, 0.3) is 34.0 Å². The van der Waals surface area contributed by atoms with Crippen molar-refractivity contribution in [2.24, 2.45) is 0 Å². The van der Waals surface area contributed by atoms with Crippen LogP contribution in [0.2, 0.25) is 0 Å². The molecule has 3 nitrogen and oxygen atoms in total. The summed E-state index contributed by atoms with van der Waals surface area (Å²) in [4.78, 5) is 0. The molecule has 1 heterocycles. The van der Waals surface area contributed by atoms with Crippen molar-refractivity contribution >= 4 is 0 Å². The zero-order valence-corrected chi connectivity index (χ0v) is 15.8. The van der Waals surface area contributed by atoms with Gasteiger partial charge >= 0.3 is 0 Å². The van der Waals surface area contributed by atoms with Crippen LogP contribution >= 0.6 is 0 Å². The van der Waals surface area contributed by atoms with Crippen LogP contribution in [0.3, 0.4) is 0 Å². The van der Waals surface area contributed by atoms with E-state index in [1.54, 1.807) is 0 Å². The standard InChI is InChI=1S/C24H22N2O/c1-24(2,3)20-16-10-15-19(21(20)17-11-6-4-7-12-17)23-26-25-22(27-23)18-13-8-5-9-14-18/h4-16H,1-3H3. The van der Waals surface area contributed by atoms with Crippen molar-refractivity contribution in [3.63, 3.8) is 0 Å². The van der Waals surface area contributed by atoms with E-state index in [9.17, 15) is 0 Å². The van der Waals surface area contributed by atoms with Gasteiger partial charge in [-0.05, 0) is 40.3 Å². The number of aromatic nitrogens is 2. The molecule has 3 heteroatoms. The van der Waals surface area contributed by atoms with Crippen molar-refractivity contribution in [1.82, 2.24) is 10.2 Å². The maximum atomic E-state index is 6.06. The largest absolute Gasteiger partial charge is 0.416 e. The van der Waals surface area contributed by atoms with Gasteiger partial charge in [0.05, 0.1) is 0 Å². The maximum absolute atomic E-state index is 6.06. The van der Waals surface area contributed by atoms with Gasteiger partial charge in [0.15, 0.2) is 0 Å². The van der Waals surface area contributed by atoms with Gasteiger partial charge in [-0.2, -0.15) is 0 Å². The summed E-state index contributed by atoms with van der Waals surface area (Å²) in [5, 5.41) is 8.63. The van der Waals surface area contributed by atoms with Crippen LogP contribution in [0.1, 0.15) is 26.3 Å². The van der Waals surface area contributed by atoms with Crippen LogP contribution in [0.5, 0.6) is 0 Å². The molecule has 0 radical (unpaired) electrons. The molecular formula is C24H22N2O. The van der Waals surface area contributed by atoms with E-state index in [0.29, 0.717) is 11.8 Å². The number of hydrogen-bond donors (Lipinski definition) is 0. The molecule has 27 heavy (non-hydrogen) atoms. The average Bonchev–Trinajstić information content (AvgIpc) is 3.18. The summed E-state index contributed by atoms with van der Waals surface area (Å²) in [6, 6.07) is 26.6. The molecule has 1 aromatic heterocycles. The van der Waals surface area contributed by atoms with Gasteiger partial charge < -0.3 is 4.42 Å². The lowest BCUT2D eigenvalue weighted by Gasteiger charge is -2.24. The van der Waals surface area contributed by atoms with Crippen molar-refractivity contribution in [1.29, 1.82) is 0 Å². The summed E-state index contributed by atoms with van der Waals surface area (Å²) < 4.78 is 6.06. The fourth-order valence-electron chi connectivity index (χ4n) is 3.30. The van der Waals surface area contributed by atoms with E-state index in [4.69, 9.17) is 4.42 Å². The van der Waals surface area contributed by atoms with E-state index < -0.39 is 0 Å². The van der Waals surface area contributed by atoms with Gasteiger partial charge in [0.25, 0.3) is 0 Å². The molecular weight excluding hydrogens is 332 g/mol. The van der Waals surface area contributed by atoms with Gasteiger partial charge in [0.1, 0.15) is 0 Å². The molecule has 4 rings (SSSR count). The number of rotatable bonds is 3. The van der Waals surface area contributed by atoms with Gasteiger partial charge in [-0.1, -0.05) is 81.4 Å². The topological polar surface area (TPSA) is 38.9 Å². The van der Waals surface area contributed by atoms with Crippen molar-refractivity contribution in [3.8, 4) is 34.0 Å². The second kappa shape index (κ2) is 6.84. The summed E-state index contributed by atoms with van der Waals surface area (Å²) >= 11 is 0. The summed E-state index contributed by atoms with van der Waals surface area (Å²) in [5.41, 5.74) is 5.42. The van der Waals surface area contributed by atoms with Crippen molar-refractivity contribution in [2.75, 3.05) is 0 Å². The molecule has 0 N–H and O–H groups in total. The predicted octanol–water partition coefficient (Wildman–Crippen LogP) is 6.37. The Bertz CT molecular complexity index is 1040. The summed E-state index contributed by atoms with van der Waals surface area (Å²) in [5.74, 6) is 1.07. The molecule has 0 saturated heterocycles. The third kappa shape index (κ3) is 3.41. The van der Waals surface area contributed by atoms with Crippen LogP contribution < -0.4 is 0 Å². The van der Waals surface area contributed by atoms with Gasteiger partial charge in [-0.15, -0.1) is 10.2 Å². The first kappa shape index (κ1) is 17.2. The van der Waals surface area contributed by atoms with Crippen LogP contribution in [0, 0.1) is 0 Å². The SMILES string of the molecule is CC(C)(C)c1cccc(-c2nnc(-c3ccccc3)o2)c1-c1ccccc1. The zero-order chi connectivity index (χ0) is 18.9. The van der Waals surface area contributed by atoms with Crippen LogP contribution in [-0.2, 0) is 5.41 Å². The van der Waals surface area contributed by atoms with Crippen LogP contribution in [0.4, 0.5) is 0 Å². The van der Waals surface area contributed by atoms with E-state index in [-0.39, 0.29) is 5.41 Å². The molecule has 0 spiro atoms. The summed E-state index contributed by atoms with van der Waals surface area (Å²) in [6.07, 6.45) is 0. The first-order chi connectivity index (χ1) is 13.0. The Labute approximate surface area is 159 Å². The highest BCUT2D eigenvalue weighted by atomic mass is 16.4.